The third kappa shape index (κ3) is 58.7. The molecule has 0 aliphatic rings. The minimum absolute atomic E-state index is 0.0149. The number of hydrogen-bond donors (Lipinski definition) is 2. The summed E-state index contributed by atoms with van der Waals surface area (Å²) in [5.74, 6) is -0.157. The summed E-state index contributed by atoms with van der Waals surface area (Å²) in [7, 11) is 1.32. The van der Waals surface area contributed by atoms with Crippen molar-refractivity contribution < 1.29 is 32.9 Å². The van der Waals surface area contributed by atoms with Crippen molar-refractivity contribution in [3.63, 3.8) is 0 Å². The minimum Gasteiger partial charge on any atom is -0.756 e. The molecule has 0 bridgehead atoms. The van der Waals surface area contributed by atoms with Crippen LogP contribution in [0.3, 0.4) is 0 Å². The van der Waals surface area contributed by atoms with Crippen LogP contribution in [0.15, 0.2) is 24.3 Å². The van der Waals surface area contributed by atoms with Crippen LogP contribution in [0.4, 0.5) is 0 Å². The van der Waals surface area contributed by atoms with Crippen molar-refractivity contribution in [2.75, 3.05) is 40.9 Å². The zero-order valence-electron chi connectivity index (χ0n) is 50.3. The second-order valence-electron chi connectivity index (χ2n) is 23.8. The van der Waals surface area contributed by atoms with Crippen molar-refractivity contribution in [1.82, 2.24) is 5.32 Å². The van der Waals surface area contributed by atoms with Crippen LogP contribution in [0, 0.1) is 0 Å². The Morgan fingerprint density at radius 1 is 0.473 bits per heavy atom. The molecule has 0 heterocycles. The molecule has 8 nitrogen and oxygen atoms in total. The number of rotatable bonds is 61. The Hall–Kier alpha value is -1.02. The Morgan fingerprint density at radius 3 is 1.12 bits per heavy atom. The van der Waals surface area contributed by atoms with Gasteiger partial charge in [0.05, 0.1) is 39.9 Å². The number of quaternary nitrogens is 1. The Balaban J connectivity index is 4.02. The number of nitrogens with zero attached hydrogens (tertiary/aromatic N) is 1. The van der Waals surface area contributed by atoms with E-state index in [1.807, 2.05) is 21.1 Å². The van der Waals surface area contributed by atoms with E-state index in [2.05, 4.69) is 43.5 Å². The van der Waals surface area contributed by atoms with E-state index in [0.717, 1.165) is 44.9 Å². The van der Waals surface area contributed by atoms with Crippen LogP contribution in [-0.4, -0.2) is 68.5 Å². The quantitative estimate of drug-likeness (QED) is 0.0272. The number of carbonyl (C=O) groups excluding carboxylic acids is 1. The first kappa shape index (κ1) is 73.0. The lowest BCUT2D eigenvalue weighted by Gasteiger charge is -2.30. The van der Waals surface area contributed by atoms with Crippen LogP contribution in [0.5, 0.6) is 0 Å². The van der Waals surface area contributed by atoms with Gasteiger partial charge in [0, 0.05) is 6.42 Å². The number of nitrogens with one attached hydrogen (secondary N) is 1. The Morgan fingerprint density at radius 2 is 0.784 bits per heavy atom. The smallest absolute Gasteiger partial charge is 0.268 e. The lowest BCUT2D eigenvalue weighted by atomic mass is 10.0. The maximum absolute atomic E-state index is 13.0. The summed E-state index contributed by atoms with van der Waals surface area (Å²) in [5.41, 5.74) is 0. The molecule has 74 heavy (non-hydrogen) atoms. The third-order valence-corrected chi connectivity index (χ3v) is 16.2. The highest BCUT2D eigenvalue weighted by atomic mass is 31.2. The maximum Gasteiger partial charge on any atom is 0.268 e. The van der Waals surface area contributed by atoms with Crippen LogP contribution in [0.2, 0.25) is 0 Å². The lowest BCUT2D eigenvalue weighted by Crippen LogP contribution is -2.46. The van der Waals surface area contributed by atoms with Crippen LogP contribution in [-0.2, 0) is 18.4 Å². The molecule has 3 unspecified atom stereocenters. The normalized spacial score (nSPS) is 13.9. The predicted octanol–water partition coefficient (Wildman–Crippen LogP) is 19.7. The fourth-order valence-electron chi connectivity index (χ4n) is 10.1. The Labute approximate surface area is 462 Å². The number of likely N-dealkylation sites (N-methyl/N-ethyl adjacent to an activating group) is 1. The molecular weight excluding hydrogens is 936 g/mol. The fourth-order valence-corrected chi connectivity index (χ4v) is 10.8. The second kappa shape index (κ2) is 56.7. The summed E-state index contributed by atoms with van der Waals surface area (Å²) in [4.78, 5) is 25.6. The van der Waals surface area contributed by atoms with E-state index in [1.165, 1.54) is 263 Å². The van der Waals surface area contributed by atoms with Gasteiger partial charge in [0.25, 0.3) is 7.82 Å². The highest BCUT2D eigenvalue weighted by molar-refractivity contribution is 7.45. The van der Waals surface area contributed by atoms with E-state index in [9.17, 15) is 19.4 Å². The third-order valence-electron chi connectivity index (χ3n) is 15.2. The predicted molar refractivity (Wildman–Crippen MR) is 321 cm³/mol. The molecule has 2 N–H and O–H groups in total. The average Bonchev–Trinajstić information content (AvgIpc) is 3.36. The zero-order valence-corrected chi connectivity index (χ0v) is 51.2. The molecule has 0 saturated heterocycles. The summed E-state index contributed by atoms with van der Waals surface area (Å²) in [6, 6.07) is -0.799. The highest BCUT2D eigenvalue weighted by Crippen LogP contribution is 2.38. The molecule has 0 rings (SSSR count). The summed E-state index contributed by atoms with van der Waals surface area (Å²) in [6.45, 7) is 4.77. The van der Waals surface area contributed by atoms with E-state index in [0.29, 0.717) is 23.9 Å². The topological polar surface area (TPSA) is 108 Å². The van der Waals surface area contributed by atoms with Crippen molar-refractivity contribution in [2.45, 2.75) is 347 Å². The molecule has 0 radical (unpaired) electrons. The van der Waals surface area contributed by atoms with Gasteiger partial charge in [-0.25, -0.2) is 0 Å². The van der Waals surface area contributed by atoms with Crippen LogP contribution >= 0.6 is 7.82 Å². The van der Waals surface area contributed by atoms with Crippen molar-refractivity contribution >= 4 is 13.7 Å². The van der Waals surface area contributed by atoms with Gasteiger partial charge in [-0.3, -0.25) is 9.36 Å². The number of unbranched alkanes of at least 4 members (excludes halogenated alkanes) is 44. The van der Waals surface area contributed by atoms with Gasteiger partial charge >= 0.3 is 0 Å². The molecule has 0 saturated carbocycles. The van der Waals surface area contributed by atoms with Gasteiger partial charge in [0.15, 0.2) is 0 Å². The van der Waals surface area contributed by atoms with E-state index < -0.39 is 20.0 Å². The number of amides is 1. The van der Waals surface area contributed by atoms with E-state index >= 15 is 0 Å². The molecule has 1 amide bonds. The van der Waals surface area contributed by atoms with Gasteiger partial charge in [-0.1, -0.05) is 308 Å². The molecule has 3 atom stereocenters. The molecule has 0 fully saturated rings. The van der Waals surface area contributed by atoms with E-state index in [4.69, 9.17) is 9.05 Å². The number of aliphatic hydroxyl groups is 1. The van der Waals surface area contributed by atoms with Crippen LogP contribution in [0.1, 0.15) is 335 Å². The molecule has 0 aromatic rings. The number of aliphatic hydroxyl groups excluding tert-OH is 1. The van der Waals surface area contributed by atoms with Gasteiger partial charge in [-0.15, -0.1) is 0 Å². The van der Waals surface area contributed by atoms with Crippen molar-refractivity contribution in [2.24, 2.45) is 0 Å². The lowest BCUT2D eigenvalue weighted by molar-refractivity contribution is -0.870. The molecule has 0 aromatic heterocycles. The molecule has 9 heteroatoms. The second-order valence-corrected chi connectivity index (χ2v) is 25.2. The summed E-state index contributed by atoms with van der Waals surface area (Å²) in [5, 5.41) is 14.1. The standard InChI is InChI=1S/C65H129N2O6P/c1-6-8-10-12-14-16-18-20-22-24-26-28-29-30-31-32-33-34-35-36-37-39-41-43-45-47-49-51-53-55-57-59-65(69)66-63(62-73-74(70,71)72-61-60-67(3,4)5)64(68)58-56-54-52-50-48-46-44-42-40-38-27-25-23-21-19-17-15-13-11-9-7-2/h18,20,24,26,63-64,68H,6-17,19,21-23,25,27-62H2,1-5H3,(H-,66,69,70,71)/b20-18-,26-24-. The minimum atomic E-state index is -4.57. The molecule has 0 aromatic carbocycles. The monoisotopic (exact) mass is 1060 g/mol. The van der Waals surface area contributed by atoms with Gasteiger partial charge < -0.3 is 28.8 Å². The molecule has 0 aliphatic carbocycles. The highest BCUT2D eigenvalue weighted by Gasteiger charge is 2.24. The molecule has 440 valence electrons. The molecule has 0 spiro atoms. The number of allylic oxidation sites excluding steroid dienone is 4. The number of carbonyl (C=O) groups is 1. The Kier molecular flexibility index (Phi) is 55.9. The van der Waals surface area contributed by atoms with Crippen molar-refractivity contribution in [1.29, 1.82) is 0 Å². The fraction of sp³-hybridized carbons (Fsp3) is 0.923. The van der Waals surface area contributed by atoms with Gasteiger partial charge in [0.2, 0.25) is 5.91 Å². The number of phosphoric acid groups is 1. The largest absolute Gasteiger partial charge is 0.756 e. The number of phosphoric ester groups is 1. The van der Waals surface area contributed by atoms with Gasteiger partial charge in [-0.05, 0) is 44.9 Å². The van der Waals surface area contributed by atoms with E-state index in [-0.39, 0.29) is 19.1 Å². The summed E-state index contributed by atoms with van der Waals surface area (Å²) in [6.07, 6.45) is 72.3. The maximum atomic E-state index is 13.0. The first-order valence-electron chi connectivity index (χ1n) is 32.7. The molecular formula is C65H129N2O6P. The zero-order chi connectivity index (χ0) is 54.2. The van der Waals surface area contributed by atoms with Gasteiger partial charge in [-0.2, -0.15) is 0 Å². The Bertz CT molecular complexity index is 1260. The SMILES string of the molecule is CCCCCCC/C=C\C/C=C\CCCCCCCCCCCCCCCCCCCCCC(=O)NC(COP(=O)([O-])OCC[N+](C)(C)C)C(O)CCCCCCCCCCCCCCCCCCCCCCC. The van der Waals surface area contributed by atoms with Crippen molar-refractivity contribution in [3.05, 3.63) is 24.3 Å². The van der Waals surface area contributed by atoms with Crippen LogP contribution < -0.4 is 10.2 Å². The van der Waals surface area contributed by atoms with Gasteiger partial charge in [0.1, 0.15) is 13.2 Å². The number of hydrogen-bond acceptors (Lipinski definition) is 6. The first-order valence-corrected chi connectivity index (χ1v) is 34.1. The van der Waals surface area contributed by atoms with Crippen molar-refractivity contribution in [3.8, 4) is 0 Å². The van der Waals surface area contributed by atoms with E-state index in [1.54, 1.807) is 0 Å². The first-order chi connectivity index (χ1) is 36.0. The van der Waals surface area contributed by atoms with Crippen LogP contribution in [0.25, 0.3) is 0 Å². The summed E-state index contributed by atoms with van der Waals surface area (Å²) >= 11 is 0. The average molecular weight is 1070 g/mol. The summed E-state index contributed by atoms with van der Waals surface area (Å²) < 4.78 is 23.5. The molecule has 0 aliphatic heterocycles.